The average Bonchev–Trinajstić information content (AvgIpc) is 3.23. The van der Waals surface area contributed by atoms with Gasteiger partial charge in [0, 0.05) is 6.42 Å². The number of hydrogen-bond acceptors (Lipinski definition) is 3. The molecule has 0 aromatic heterocycles. The summed E-state index contributed by atoms with van der Waals surface area (Å²) in [7, 11) is 0. The van der Waals surface area contributed by atoms with Gasteiger partial charge in [-0.1, -0.05) is 249 Å². The molecule has 0 fully saturated rings. The van der Waals surface area contributed by atoms with Gasteiger partial charge in [0.2, 0.25) is 5.91 Å². The highest BCUT2D eigenvalue weighted by Gasteiger charge is 2.17. The number of hydrogen-bond donors (Lipinski definition) is 3. The van der Waals surface area contributed by atoms with Crippen LogP contribution in [0.15, 0.2) is 48.6 Å². The van der Waals surface area contributed by atoms with Gasteiger partial charge in [-0.3, -0.25) is 4.79 Å². The number of nitrogens with one attached hydrogen (secondary N) is 1. The largest absolute Gasteiger partial charge is 0.394 e. The zero-order chi connectivity index (χ0) is 42.1. The first-order valence-electron chi connectivity index (χ1n) is 25.9. The lowest BCUT2D eigenvalue weighted by Gasteiger charge is -2.19. The molecule has 0 aromatic carbocycles. The van der Waals surface area contributed by atoms with Crippen LogP contribution in [0.2, 0.25) is 0 Å². The van der Waals surface area contributed by atoms with Crippen LogP contribution in [0.3, 0.4) is 0 Å². The van der Waals surface area contributed by atoms with Gasteiger partial charge in [-0.2, -0.15) is 0 Å². The van der Waals surface area contributed by atoms with Gasteiger partial charge in [0.15, 0.2) is 0 Å². The molecule has 0 aliphatic carbocycles. The van der Waals surface area contributed by atoms with Crippen molar-refractivity contribution in [2.24, 2.45) is 0 Å². The van der Waals surface area contributed by atoms with Gasteiger partial charge < -0.3 is 15.5 Å². The lowest BCUT2D eigenvalue weighted by molar-refractivity contribution is -0.123. The zero-order valence-electron chi connectivity index (χ0n) is 39.1. The van der Waals surface area contributed by atoms with Crippen molar-refractivity contribution >= 4 is 5.91 Å². The minimum atomic E-state index is -0.860. The Balaban J connectivity index is 3.45. The number of carbonyl (C=O) groups is 1. The number of amides is 1. The van der Waals surface area contributed by atoms with Crippen molar-refractivity contribution in [3.05, 3.63) is 48.6 Å². The van der Waals surface area contributed by atoms with Crippen molar-refractivity contribution in [1.29, 1.82) is 0 Å². The molecule has 0 radical (unpaired) electrons. The molecule has 2 unspecified atom stereocenters. The first kappa shape index (κ1) is 56.4. The third-order valence-electron chi connectivity index (χ3n) is 11.8. The fraction of sp³-hybridized carbons (Fsp3) is 0.833. The molecule has 0 saturated carbocycles. The number of aliphatic hydroxyl groups excluding tert-OH is 2. The monoisotopic (exact) mass is 812 g/mol. The van der Waals surface area contributed by atoms with Gasteiger partial charge in [-0.15, -0.1) is 0 Å². The van der Waals surface area contributed by atoms with E-state index in [2.05, 4.69) is 55.6 Å². The number of allylic oxidation sites excluding steroid dienone is 7. The highest BCUT2D eigenvalue weighted by Crippen LogP contribution is 2.16. The maximum atomic E-state index is 12.4. The number of carbonyl (C=O) groups excluding carboxylic acids is 1. The molecular weight excluding hydrogens is 711 g/mol. The summed E-state index contributed by atoms with van der Waals surface area (Å²) in [6.07, 6.45) is 68.4. The summed E-state index contributed by atoms with van der Waals surface area (Å²) >= 11 is 0. The quantitative estimate of drug-likeness (QED) is 0.0423. The van der Waals surface area contributed by atoms with E-state index in [0.717, 1.165) is 38.5 Å². The predicted octanol–water partition coefficient (Wildman–Crippen LogP) is 16.7. The van der Waals surface area contributed by atoms with E-state index in [0.29, 0.717) is 6.42 Å². The molecule has 58 heavy (non-hydrogen) atoms. The zero-order valence-corrected chi connectivity index (χ0v) is 39.1. The Bertz CT molecular complexity index is 923. The standard InChI is InChI=1S/C54H101NO3/c1-3-5-7-9-11-13-15-17-18-19-20-21-22-23-24-25-26-27-28-29-30-31-32-33-34-35-36-38-40-42-44-46-48-50-54(58)55-52(51-56)53(57)49-47-45-43-41-39-37-16-14-12-10-8-6-4-2/h15,17,19-20,39,41,47,49,52-53,56-57H,3-14,16,18,21-38,40,42-46,48,50-51H2,1-2H3,(H,55,58)/b17-15-,20-19-,41-39+,49-47+. The predicted molar refractivity (Wildman–Crippen MR) is 258 cm³/mol. The maximum Gasteiger partial charge on any atom is 0.220 e. The summed E-state index contributed by atoms with van der Waals surface area (Å²) in [5.41, 5.74) is 0. The van der Waals surface area contributed by atoms with Crippen LogP contribution in [0.25, 0.3) is 0 Å². The van der Waals surface area contributed by atoms with Crippen molar-refractivity contribution < 1.29 is 15.0 Å². The normalized spacial score (nSPS) is 13.2. The molecule has 0 saturated heterocycles. The Morgan fingerprint density at radius 2 is 0.724 bits per heavy atom. The van der Waals surface area contributed by atoms with E-state index in [1.165, 1.54) is 212 Å². The average molecular weight is 812 g/mol. The van der Waals surface area contributed by atoms with Gasteiger partial charge >= 0.3 is 0 Å². The molecule has 0 heterocycles. The van der Waals surface area contributed by atoms with Crippen LogP contribution < -0.4 is 5.32 Å². The molecule has 4 heteroatoms. The smallest absolute Gasteiger partial charge is 0.220 e. The topological polar surface area (TPSA) is 69.6 Å². The molecule has 0 aromatic rings. The fourth-order valence-electron chi connectivity index (χ4n) is 7.81. The first-order chi connectivity index (χ1) is 28.7. The Morgan fingerprint density at radius 1 is 0.414 bits per heavy atom. The van der Waals surface area contributed by atoms with Crippen molar-refractivity contribution in [2.75, 3.05) is 6.61 Å². The molecule has 0 bridgehead atoms. The molecule has 0 rings (SSSR count). The summed E-state index contributed by atoms with van der Waals surface area (Å²) in [6.45, 7) is 4.28. The Hall–Kier alpha value is -1.65. The van der Waals surface area contributed by atoms with Gasteiger partial charge in [-0.25, -0.2) is 0 Å². The van der Waals surface area contributed by atoms with Crippen molar-refractivity contribution in [1.82, 2.24) is 5.32 Å². The van der Waals surface area contributed by atoms with E-state index in [9.17, 15) is 15.0 Å². The lowest BCUT2D eigenvalue weighted by atomic mass is 10.0. The highest BCUT2D eigenvalue weighted by molar-refractivity contribution is 5.76. The van der Waals surface area contributed by atoms with Gasteiger partial charge in [0.1, 0.15) is 0 Å². The fourth-order valence-corrected chi connectivity index (χ4v) is 7.81. The second kappa shape index (κ2) is 49.7. The van der Waals surface area contributed by atoms with Gasteiger partial charge in [-0.05, 0) is 64.2 Å². The Morgan fingerprint density at radius 3 is 1.10 bits per heavy atom. The summed E-state index contributed by atoms with van der Waals surface area (Å²) in [6, 6.07) is -0.637. The van der Waals surface area contributed by atoms with Gasteiger partial charge in [0.05, 0.1) is 18.8 Å². The van der Waals surface area contributed by atoms with Gasteiger partial charge in [0.25, 0.3) is 0 Å². The Labute approximate surface area is 363 Å². The minimum Gasteiger partial charge on any atom is -0.394 e. The van der Waals surface area contributed by atoms with Crippen LogP contribution in [-0.4, -0.2) is 34.9 Å². The summed E-state index contributed by atoms with van der Waals surface area (Å²) < 4.78 is 0. The van der Waals surface area contributed by atoms with E-state index >= 15 is 0 Å². The highest BCUT2D eigenvalue weighted by atomic mass is 16.3. The Kier molecular flexibility index (Phi) is 48.3. The first-order valence-corrected chi connectivity index (χ1v) is 25.9. The van der Waals surface area contributed by atoms with Crippen LogP contribution in [0.4, 0.5) is 0 Å². The van der Waals surface area contributed by atoms with Crippen LogP contribution in [0, 0.1) is 0 Å². The molecule has 0 aliphatic heterocycles. The molecular formula is C54H101NO3. The van der Waals surface area contributed by atoms with E-state index in [4.69, 9.17) is 0 Å². The molecule has 1 amide bonds. The molecule has 0 aliphatic rings. The summed E-state index contributed by atoms with van der Waals surface area (Å²) in [5.74, 6) is -0.0717. The number of aliphatic hydroxyl groups is 2. The SMILES string of the molecule is CCCCCCC/C=C\C/C=C\CCCCCCCCCCCCCCCCCCCCCCCC(=O)NC(CO)C(O)/C=C/CC/C=C/CCCCCCCCC. The van der Waals surface area contributed by atoms with E-state index in [1.54, 1.807) is 6.08 Å². The third-order valence-corrected chi connectivity index (χ3v) is 11.8. The molecule has 3 N–H and O–H groups in total. The van der Waals surface area contributed by atoms with Crippen molar-refractivity contribution in [2.45, 2.75) is 283 Å². The van der Waals surface area contributed by atoms with E-state index in [1.807, 2.05) is 6.08 Å². The summed E-state index contributed by atoms with van der Waals surface area (Å²) in [5, 5.41) is 23.0. The second-order valence-corrected chi connectivity index (χ2v) is 17.6. The van der Waals surface area contributed by atoms with Crippen LogP contribution in [0.1, 0.15) is 271 Å². The molecule has 4 nitrogen and oxygen atoms in total. The third kappa shape index (κ3) is 45.4. The van der Waals surface area contributed by atoms with E-state index < -0.39 is 12.1 Å². The number of rotatable bonds is 47. The minimum absolute atomic E-state index is 0.0717. The molecule has 2 atom stereocenters. The lowest BCUT2D eigenvalue weighted by Crippen LogP contribution is -2.45. The molecule has 0 spiro atoms. The van der Waals surface area contributed by atoms with Crippen molar-refractivity contribution in [3.8, 4) is 0 Å². The van der Waals surface area contributed by atoms with Crippen LogP contribution >= 0.6 is 0 Å². The van der Waals surface area contributed by atoms with Crippen LogP contribution in [0.5, 0.6) is 0 Å². The maximum absolute atomic E-state index is 12.4. The number of unbranched alkanes of at least 4 members (excludes halogenated alkanes) is 34. The van der Waals surface area contributed by atoms with Crippen LogP contribution in [-0.2, 0) is 4.79 Å². The van der Waals surface area contributed by atoms with E-state index in [-0.39, 0.29) is 12.5 Å². The van der Waals surface area contributed by atoms with Crippen molar-refractivity contribution in [3.63, 3.8) is 0 Å². The summed E-state index contributed by atoms with van der Waals surface area (Å²) in [4.78, 5) is 12.4. The molecule has 340 valence electrons. The second-order valence-electron chi connectivity index (χ2n) is 17.6.